The fraction of sp³-hybridized carbons (Fsp3) is 0.500. The van der Waals surface area contributed by atoms with Crippen LogP contribution in [0, 0.1) is 5.92 Å². The zero-order valence-electron chi connectivity index (χ0n) is 12.9. The second-order valence-electron chi connectivity index (χ2n) is 6.13. The lowest BCUT2D eigenvalue weighted by molar-refractivity contribution is -0.119. The first kappa shape index (κ1) is 15.4. The summed E-state index contributed by atoms with van der Waals surface area (Å²) in [6.45, 7) is 5.33. The summed E-state index contributed by atoms with van der Waals surface area (Å²) in [4.78, 5) is 25.8. The fourth-order valence-electron chi connectivity index (χ4n) is 1.87. The van der Waals surface area contributed by atoms with Crippen LogP contribution >= 0.6 is 0 Å². The SMILES string of the molecule is COc1ccc(N(C(=O)OC(C)(C)C)C(=O)C2CC2)cc1. The lowest BCUT2D eigenvalue weighted by Crippen LogP contribution is -2.41. The van der Waals surface area contributed by atoms with Crippen molar-refractivity contribution in [2.45, 2.75) is 39.2 Å². The van der Waals surface area contributed by atoms with Gasteiger partial charge >= 0.3 is 6.09 Å². The van der Waals surface area contributed by atoms with Crippen LogP contribution in [0.2, 0.25) is 0 Å². The number of hydrogen-bond acceptors (Lipinski definition) is 4. The number of carbonyl (C=O) groups excluding carboxylic acids is 2. The van der Waals surface area contributed by atoms with E-state index in [-0.39, 0.29) is 11.8 Å². The summed E-state index contributed by atoms with van der Waals surface area (Å²) < 4.78 is 10.4. The predicted molar refractivity (Wildman–Crippen MR) is 79.4 cm³/mol. The zero-order chi connectivity index (χ0) is 15.6. The molecule has 21 heavy (non-hydrogen) atoms. The van der Waals surface area contributed by atoms with E-state index in [1.807, 2.05) is 0 Å². The molecule has 0 N–H and O–H groups in total. The van der Waals surface area contributed by atoms with Gasteiger partial charge in [0.25, 0.3) is 0 Å². The lowest BCUT2D eigenvalue weighted by Gasteiger charge is -2.26. The largest absolute Gasteiger partial charge is 0.497 e. The quantitative estimate of drug-likeness (QED) is 0.856. The highest BCUT2D eigenvalue weighted by Gasteiger charge is 2.38. The van der Waals surface area contributed by atoms with Crippen molar-refractivity contribution >= 4 is 17.7 Å². The molecule has 1 aliphatic carbocycles. The fourth-order valence-corrected chi connectivity index (χ4v) is 1.87. The molecule has 5 heteroatoms. The van der Waals surface area contributed by atoms with Gasteiger partial charge in [0.1, 0.15) is 11.4 Å². The first-order chi connectivity index (χ1) is 9.81. The van der Waals surface area contributed by atoms with Crippen molar-refractivity contribution in [2.75, 3.05) is 12.0 Å². The van der Waals surface area contributed by atoms with Crippen LogP contribution in [-0.4, -0.2) is 24.7 Å². The van der Waals surface area contributed by atoms with Gasteiger partial charge in [-0.15, -0.1) is 0 Å². The Morgan fingerprint density at radius 2 is 1.71 bits per heavy atom. The van der Waals surface area contributed by atoms with E-state index >= 15 is 0 Å². The Morgan fingerprint density at radius 3 is 2.14 bits per heavy atom. The van der Waals surface area contributed by atoms with Gasteiger partial charge in [-0.2, -0.15) is 0 Å². The number of benzene rings is 1. The molecular formula is C16H21NO4. The molecule has 0 spiro atoms. The molecule has 2 amide bonds. The Labute approximate surface area is 124 Å². The van der Waals surface area contributed by atoms with Crippen LogP contribution < -0.4 is 9.64 Å². The molecule has 0 radical (unpaired) electrons. The Balaban J connectivity index is 2.26. The van der Waals surface area contributed by atoms with Gasteiger partial charge in [0.2, 0.25) is 5.91 Å². The highest BCUT2D eigenvalue weighted by atomic mass is 16.6. The molecule has 114 valence electrons. The number of imide groups is 1. The molecule has 2 rings (SSSR count). The van der Waals surface area contributed by atoms with Crippen molar-refractivity contribution in [3.05, 3.63) is 24.3 Å². The van der Waals surface area contributed by atoms with E-state index in [2.05, 4.69) is 0 Å². The summed E-state index contributed by atoms with van der Waals surface area (Å²) in [6, 6.07) is 6.80. The molecule has 5 nitrogen and oxygen atoms in total. The van der Waals surface area contributed by atoms with Crippen molar-refractivity contribution in [3.8, 4) is 5.75 Å². The van der Waals surface area contributed by atoms with Crippen LogP contribution in [-0.2, 0) is 9.53 Å². The van der Waals surface area contributed by atoms with Gasteiger partial charge in [-0.1, -0.05) is 0 Å². The number of amides is 2. The maximum Gasteiger partial charge on any atom is 0.421 e. The van der Waals surface area contributed by atoms with Crippen molar-refractivity contribution in [3.63, 3.8) is 0 Å². The van der Waals surface area contributed by atoms with Gasteiger partial charge in [-0.05, 0) is 57.9 Å². The van der Waals surface area contributed by atoms with E-state index < -0.39 is 11.7 Å². The van der Waals surface area contributed by atoms with E-state index in [4.69, 9.17) is 9.47 Å². The van der Waals surface area contributed by atoms with Crippen LogP contribution in [0.5, 0.6) is 5.75 Å². The Morgan fingerprint density at radius 1 is 1.14 bits per heavy atom. The molecule has 0 unspecified atom stereocenters. The van der Waals surface area contributed by atoms with Crippen molar-refractivity contribution in [1.82, 2.24) is 0 Å². The van der Waals surface area contributed by atoms with Gasteiger partial charge < -0.3 is 9.47 Å². The maximum absolute atomic E-state index is 12.4. The minimum absolute atomic E-state index is 0.0698. The second-order valence-corrected chi connectivity index (χ2v) is 6.13. The van der Waals surface area contributed by atoms with E-state index in [9.17, 15) is 9.59 Å². The minimum Gasteiger partial charge on any atom is -0.497 e. The molecule has 1 saturated carbocycles. The number of methoxy groups -OCH3 is 1. The molecule has 1 fully saturated rings. The van der Waals surface area contributed by atoms with Crippen molar-refractivity contribution in [1.29, 1.82) is 0 Å². The first-order valence-corrected chi connectivity index (χ1v) is 7.03. The van der Waals surface area contributed by atoms with Crippen LogP contribution in [0.3, 0.4) is 0 Å². The summed E-state index contributed by atoms with van der Waals surface area (Å²) in [5.41, 5.74) is -0.145. The third-order valence-corrected chi connectivity index (χ3v) is 3.05. The molecule has 0 heterocycles. The van der Waals surface area contributed by atoms with E-state index in [0.717, 1.165) is 17.7 Å². The number of hydrogen-bond donors (Lipinski definition) is 0. The summed E-state index contributed by atoms with van der Waals surface area (Å²) in [7, 11) is 1.57. The topological polar surface area (TPSA) is 55.8 Å². The molecule has 0 bridgehead atoms. The summed E-state index contributed by atoms with van der Waals surface area (Å²) in [6.07, 6.45) is 1.02. The normalized spacial score (nSPS) is 14.5. The summed E-state index contributed by atoms with van der Waals surface area (Å²) in [5.74, 6) is 0.399. The van der Waals surface area contributed by atoms with Crippen LogP contribution in [0.25, 0.3) is 0 Å². The Hall–Kier alpha value is -2.04. The first-order valence-electron chi connectivity index (χ1n) is 7.03. The number of anilines is 1. The standard InChI is InChI=1S/C16H21NO4/c1-16(2,3)21-15(19)17(14(18)11-5-6-11)12-7-9-13(20-4)10-8-12/h7-11H,5-6H2,1-4H3. The van der Waals surface area contributed by atoms with Gasteiger partial charge in [0, 0.05) is 5.92 Å². The summed E-state index contributed by atoms with van der Waals surface area (Å²) >= 11 is 0. The third-order valence-electron chi connectivity index (χ3n) is 3.05. The summed E-state index contributed by atoms with van der Waals surface area (Å²) in [5, 5.41) is 0. The number of ether oxygens (including phenoxy) is 2. The molecule has 1 aliphatic rings. The monoisotopic (exact) mass is 291 g/mol. The predicted octanol–water partition coefficient (Wildman–Crippen LogP) is 3.37. The Kier molecular flexibility index (Phi) is 4.21. The smallest absolute Gasteiger partial charge is 0.421 e. The van der Waals surface area contributed by atoms with Gasteiger partial charge in [-0.3, -0.25) is 4.79 Å². The van der Waals surface area contributed by atoms with Crippen molar-refractivity contribution in [2.24, 2.45) is 5.92 Å². The average Bonchev–Trinajstić information content (AvgIpc) is 3.21. The molecule has 0 aromatic heterocycles. The maximum atomic E-state index is 12.4. The highest BCUT2D eigenvalue weighted by Crippen LogP contribution is 2.34. The lowest BCUT2D eigenvalue weighted by atomic mass is 10.2. The van der Waals surface area contributed by atoms with Crippen molar-refractivity contribution < 1.29 is 19.1 Å². The molecule has 1 aromatic carbocycles. The van der Waals surface area contributed by atoms with E-state index in [1.54, 1.807) is 52.1 Å². The number of carbonyl (C=O) groups is 2. The van der Waals surface area contributed by atoms with E-state index in [0.29, 0.717) is 11.4 Å². The van der Waals surface area contributed by atoms with Crippen LogP contribution in [0.15, 0.2) is 24.3 Å². The molecule has 0 saturated heterocycles. The number of rotatable bonds is 3. The third kappa shape index (κ3) is 3.97. The highest BCUT2D eigenvalue weighted by molar-refractivity contribution is 6.13. The van der Waals surface area contributed by atoms with Gasteiger partial charge in [0.15, 0.2) is 0 Å². The molecular weight excluding hydrogens is 270 g/mol. The Bertz CT molecular complexity index is 526. The molecule has 0 atom stereocenters. The van der Waals surface area contributed by atoms with E-state index in [1.165, 1.54) is 0 Å². The zero-order valence-corrected chi connectivity index (χ0v) is 12.9. The molecule has 0 aliphatic heterocycles. The molecule has 1 aromatic rings. The van der Waals surface area contributed by atoms with Crippen LogP contribution in [0.4, 0.5) is 10.5 Å². The van der Waals surface area contributed by atoms with Gasteiger partial charge in [-0.25, -0.2) is 9.69 Å². The van der Waals surface area contributed by atoms with Gasteiger partial charge in [0.05, 0.1) is 12.8 Å². The minimum atomic E-state index is -0.647. The number of nitrogens with zero attached hydrogens (tertiary/aromatic N) is 1. The van der Waals surface area contributed by atoms with Crippen LogP contribution in [0.1, 0.15) is 33.6 Å². The average molecular weight is 291 g/mol. The second kappa shape index (κ2) is 5.76.